The lowest BCUT2D eigenvalue weighted by atomic mass is 10.1. The molecule has 154 valence electrons. The minimum atomic E-state index is -2.94. The van der Waals surface area contributed by atoms with Gasteiger partial charge in [-0.3, -0.25) is 14.2 Å². The number of alkyl halides is 2. The van der Waals surface area contributed by atoms with Gasteiger partial charge in [-0.15, -0.1) is 0 Å². The minimum absolute atomic E-state index is 0.0573. The zero-order valence-electron chi connectivity index (χ0n) is 15.7. The maximum atomic E-state index is 12.8. The van der Waals surface area contributed by atoms with Crippen molar-refractivity contribution in [1.82, 2.24) is 14.3 Å². The number of benzene rings is 2. The standard InChI is InChI=1S/C21H15Cl2F2N3O2/c1-27-20(29)14-7-6-12(15-9-19(23)26-10-16(15)22)8-17(14)28(27)11-13-4-2-3-5-18(13)30-21(24)25/h2-10,21H,11H2,1H3. The number of ether oxygens (including phenoxy) is 1. The van der Waals surface area contributed by atoms with Gasteiger partial charge in [-0.2, -0.15) is 8.78 Å². The van der Waals surface area contributed by atoms with Gasteiger partial charge in [0.05, 0.1) is 22.5 Å². The molecule has 2 aromatic heterocycles. The van der Waals surface area contributed by atoms with Crippen molar-refractivity contribution >= 4 is 34.1 Å². The minimum Gasteiger partial charge on any atom is -0.434 e. The van der Waals surface area contributed by atoms with Gasteiger partial charge in [0.2, 0.25) is 0 Å². The number of nitrogens with zero attached hydrogens (tertiary/aromatic N) is 3. The van der Waals surface area contributed by atoms with Crippen molar-refractivity contribution in [3.8, 4) is 16.9 Å². The summed E-state index contributed by atoms with van der Waals surface area (Å²) in [5.74, 6) is 0.0573. The molecule has 0 N–H and O–H groups in total. The summed E-state index contributed by atoms with van der Waals surface area (Å²) in [4.78, 5) is 16.7. The van der Waals surface area contributed by atoms with Crippen LogP contribution in [0.1, 0.15) is 5.56 Å². The van der Waals surface area contributed by atoms with E-state index >= 15 is 0 Å². The zero-order chi connectivity index (χ0) is 21.4. The molecule has 0 amide bonds. The van der Waals surface area contributed by atoms with Crippen LogP contribution in [-0.2, 0) is 13.6 Å². The Morgan fingerprint density at radius 3 is 2.67 bits per heavy atom. The zero-order valence-corrected chi connectivity index (χ0v) is 17.2. The lowest BCUT2D eigenvalue weighted by molar-refractivity contribution is -0.0505. The predicted molar refractivity (Wildman–Crippen MR) is 113 cm³/mol. The summed E-state index contributed by atoms with van der Waals surface area (Å²) in [5.41, 5.74) is 2.34. The third-order valence-electron chi connectivity index (χ3n) is 4.80. The lowest BCUT2D eigenvalue weighted by Gasteiger charge is -2.14. The summed E-state index contributed by atoms with van der Waals surface area (Å²) in [5, 5.41) is 1.20. The molecule has 5 nitrogen and oxygen atoms in total. The molecular weight excluding hydrogens is 435 g/mol. The SMILES string of the molecule is Cn1c(=O)c2ccc(-c3cc(Cl)ncc3Cl)cc2n1Cc1ccccc1OC(F)F. The molecule has 4 aromatic rings. The second-order valence-electron chi connectivity index (χ2n) is 6.59. The van der Waals surface area contributed by atoms with Crippen molar-refractivity contribution in [1.29, 1.82) is 0 Å². The first-order valence-electron chi connectivity index (χ1n) is 8.89. The van der Waals surface area contributed by atoms with E-state index < -0.39 is 6.61 Å². The van der Waals surface area contributed by atoms with Gasteiger partial charge < -0.3 is 4.74 Å². The third-order valence-corrected chi connectivity index (χ3v) is 5.31. The topological polar surface area (TPSA) is 49.0 Å². The van der Waals surface area contributed by atoms with E-state index in [0.717, 1.165) is 5.56 Å². The Morgan fingerprint density at radius 1 is 1.13 bits per heavy atom. The van der Waals surface area contributed by atoms with E-state index in [1.54, 1.807) is 48.1 Å². The van der Waals surface area contributed by atoms with E-state index in [-0.39, 0.29) is 23.0 Å². The average Bonchev–Trinajstić information content (AvgIpc) is 2.95. The van der Waals surface area contributed by atoms with Crippen LogP contribution in [0.25, 0.3) is 22.0 Å². The molecule has 30 heavy (non-hydrogen) atoms. The Labute approximate surface area is 180 Å². The molecule has 0 unspecified atom stereocenters. The molecule has 0 radical (unpaired) electrons. The van der Waals surface area contributed by atoms with Crippen LogP contribution < -0.4 is 10.3 Å². The Morgan fingerprint density at radius 2 is 1.90 bits per heavy atom. The van der Waals surface area contributed by atoms with Crippen LogP contribution in [0.3, 0.4) is 0 Å². The first-order valence-corrected chi connectivity index (χ1v) is 9.64. The third kappa shape index (κ3) is 3.78. The molecule has 2 heterocycles. The van der Waals surface area contributed by atoms with Gasteiger partial charge in [-0.1, -0.05) is 47.5 Å². The van der Waals surface area contributed by atoms with Crippen molar-refractivity contribution in [2.24, 2.45) is 7.05 Å². The number of halogens is 4. The van der Waals surface area contributed by atoms with Gasteiger partial charge in [-0.25, -0.2) is 4.98 Å². The second-order valence-corrected chi connectivity index (χ2v) is 7.39. The Bertz CT molecular complexity index is 1300. The van der Waals surface area contributed by atoms with Crippen molar-refractivity contribution < 1.29 is 13.5 Å². The molecule has 9 heteroatoms. The number of para-hydroxylation sites is 1. The average molecular weight is 450 g/mol. The smallest absolute Gasteiger partial charge is 0.387 e. The normalized spacial score (nSPS) is 11.4. The van der Waals surface area contributed by atoms with Crippen LogP contribution in [0.5, 0.6) is 5.75 Å². The van der Waals surface area contributed by atoms with E-state index in [0.29, 0.717) is 27.1 Å². The number of hydrogen-bond acceptors (Lipinski definition) is 3. The number of fused-ring (bicyclic) bond motifs is 1. The van der Waals surface area contributed by atoms with E-state index in [4.69, 9.17) is 23.2 Å². The van der Waals surface area contributed by atoms with Crippen molar-refractivity contribution in [3.63, 3.8) is 0 Å². The lowest BCUT2D eigenvalue weighted by Crippen LogP contribution is -2.20. The fourth-order valence-electron chi connectivity index (χ4n) is 3.37. The number of hydrogen-bond donors (Lipinski definition) is 0. The maximum Gasteiger partial charge on any atom is 0.387 e. The maximum absolute atomic E-state index is 12.8. The molecule has 2 aromatic carbocycles. The molecule has 0 aliphatic rings. The van der Waals surface area contributed by atoms with Crippen molar-refractivity contribution in [2.75, 3.05) is 0 Å². The highest BCUT2D eigenvalue weighted by molar-refractivity contribution is 6.34. The summed E-state index contributed by atoms with van der Waals surface area (Å²) in [6.07, 6.45) is 1.46. The molecule has 0 aliphatic carbocycles. The quantitative estimate of drug-likeness (QED) is 0.385. The highest BCUT2D eigenvalue weighted by Crippen LogP contribution is 2.31. The van der Waals surface area contributed by atoms with E-state index in [9.17, 15) is 13.6 Å². The molecule has 0 atom stereocenters. The first kappa shape index (κ1) is 20.4. The summed E-state index contributed by atoms with van der Waals surface area (Å²) < 4.78 is 33.3. The van der Waals surface area contributed by atoms with Crippen molar-refractivity contribution in [2.45, 2.75) is 13.2 Å². The van der Waals surface area contributed by atoms with E-state index in [1.807, 2.05) is 6.07 Å². The monoisotopic (exact) mass is 449 g/mol. The number of rotatable bonds is 5. The number of pyridine rings is 1. The summed E-state index contributed by atoms with van der Waals surface area (Å²) in [7, 11) is 1.62. The number of aromatic nitrogens is 3. The molecule has 0 fully saturated rings. The molecule has 0 bridgehead atoms. The van der Waals surface area contributed by atoms with Gasteiger partial charge in [0, 0.05) is 24.4 Å². The van der Waals surface area contributed by atoms with Gasteiger partial charge in [0.25, 0.3) is 5.56 Å². The molecular formula is C21H15Cl2F2N3O2. The fraction of sp³-hybridized carbons (Fsp3) is 0.143. The first-order chi connectivity index (χ1) is 14.3. The molecule has 0 aliphatic heterocycles. The molecule has 0 spiro atoms. The fourth-order valence-corrected chi connectivity index (χ4v) is 3.74. The highest BCUT2D eigenvalue weighted by Gasteiger charge is 2.16. The van der Waals surface area contributed by atoms with Crippen LogP contribution in [-0.4, -0.2) is 21.0 Å². The van der Waals surface area contributed by atoms with E-state index in [2.05, 4.69) is 9.72 Å². The van der Waals surface area contributed by atoms with Gasteiger partial charge in [-0.05, 0) is 29.8 Å². The van der Waals surface area contributed by atoms with Gasteiger partial charge in [0.1, 0.15) is 10.9 Å². The van der Waals surface area contributed by atoms with Crippen molar-refractivity contribution in [3.05, 3.63) is 80.8 Å². The summed E-state index contributed by atoms with van der Waals surface area (Å²) in [6, 6.07) is 13.4. The Kier molecular flexibility index (Phi) is 5.49. The van der Waals surface area contributed by atoms with Crippen LogP contribution in [0, 0.1) is 0 Å². The second kappa shape index (κ2) is 8.08. The van der Waals surface area contributed by atoms with Crippen LogP contribution in [0.15, 0.2) is 59.5 Å². The molecule has 0 saturated carbocycles. The van der Waals surface area contributed by atoms with E-state index in [1.165, 1.54) is 16.9 Å². The molecule has 0 saturated heterocycles. The Balaban J connectivity index is 1.86. The largest absolute Gasteiger partial charge is 0.434 e. The summed E-state index contributed by atoms with van der Waals surface area (Å²) >= 11 is 12.3. The van der Waals surface area contributed by atoms with Crippen LogP contribution >= 0.6 is 23.2 Å². The highest BCUT2D eigenvalue weighted by atomic mass is 35.5. The van der Waals surface area contributed by atoms with Crippen LogP contribution in [0.4, 0.5) is 8.78 Å². The summed E-state index contributed by atoms with van der Waals surface area (Å²) in [6.45, 7) is -2.78. The molecule has 4 rings (SSSR count). The Hall–Kier alpha value is -2.90. The van der Waals surface area contributed by atoms with Gasteiger partial charge >= 0.3 is 6.61 Å². The van der Waals surface area contributed by atoms with Gasteiger partial charge in [0.15, 0.2) is 0 Å². The van der Waals surface area contributed by atoms with Crippen LogP contribution in [0.2, 0.25) is 10.2 Å². The predicted octanol–water partition coefficient (Wildman–Crippen LogP) is 5.36.